The first-order chi connectivity index (χ1) is 9.40. The van der Waals surface area contributed by atoms with Gasteiger partial charge >= 0.3 is 5.97 Å². The Labute approximate surface area is 116 Å². The van der Waals surface area contributed by atoms with Crippen molar-refractivity contribution in [1.82, 2.24) is 4.98 Å². The Balaban J connectivity index is 2.36. The summed E-state index contributed by atoms with van der Waals surface area (Å²) in [6.45, 7) is 1.72. The van der Waals surface area contributed by atoms with Crippen LogP contribution in [0.2, 0.25) is 0 Å². The number of hydrogen-bond acceptors (Lipinski definition) is 4. The molecule has 1 aromatic heterocycles. The van der Waals surface area contributed by atoms with Gasteiger partial charge in [-0.15, -0.1) is 0 Å². The lowest BCUT2D eigenvalue weighted by Crippen LogP contribution is -2.10. The molecule has 1 heterocycles. The van der Waals surface area contributed by atoms with Gasteiger partial charge in [-0.05, 0) is 30.7 Å². The molecule has 104 valence electrons. The van der Waals surface area contributed by atoms with Crippen LogP contribution in [0.5, 0.6) is 0 Å². The number of benzene rings is 1. The van der Waals surface area contributed by atoms with E-state index in [0.29, 0.717) is 5.56 Å². The van der Waals surface area contributed by atoms with E-state index in [0.717, 1.165) is 0 Å². The third-order valence-electron chi connectivity index (χ3n) is 2.79. The standard InChI is InChI=1S/C14H13NO4S/c1-10-5-2-3-8-13(10)20(18,19)9-11-6-4-7-12(15-11)14(16)17/h2-8H,9H2,1H3,(H,16,17). The number of aromatic carboxylic acids is 1. The van der Waals surface area contributed by atoms with Crippen molar-refractivity contribution in [1.29, 1.82) is 0 Å². The molecule has 0 radical (unpaired) electrons. The Morgan fingerprint density at radius 2 is 1.85 bits per heavy atom. The molecule has 6 heteroatoms. The van der Waals surface area contributed by atoms with Crippen molar-refractivity contribution in [3.05, 3.63) is 59.4 Å². The minimum atomic E-state index is -3.54. The number of aromatic nitrogens is 1. The van der Waals surface area contributed by atoms with E-state index >= 15 is 0 Å². The van der Waals surface area contributed by atoms with E-state index in [1.165, 1.54) is 24.3 Å². The molecule has 20 heavy (non-hydrogen) atoms. The summed E-state index contributed by atoms with van der Waals surface area (Å²) in [5.41, 5.74) is 0.706. The molecule has 0 unspecified atom stereocenters. The highest BCUT2D eigenvalue weighted by Crippen LogP contribution is 2.19. The second kappa shape index (κ2) is 5.42. The van der Waals surface area contributed by atoms with Crippen molar-refractivity contribution in [2.45, 2.75) is 17.6 Å². The summed E-state index contributed by atoms with van der Waals surface area (Å²) < 4.78 is 24.6. The predicted octanol–water partition coefficient (Wildman–Crippen LogP) is 2.06. The number of sulfone groups is 1. The van der Waals surface area contributed by atoms with E-state index in [1.807, 2.05) is 0 Å². The molecule has 0 saturated carbocycles. The first kappa shape index (κ1) is 14.2. The summed E-state index contributed by atoms with van der Waals surface area (Å²) in [6, 6.07) is 11.0. The molecule has 1 aromatic carbocycles. The number of carboxylic acid groups (broad SMARTS) is 1. The zero-order valence-electron chi connectivity index (χ0n) is 10.8. The summed E-state index contributed by atoms with van der Waals surface area (Å²) in [5, 5.41) is 8.86. The van der Waals surface area contributed by atoms with Crippen LogP contribution in [0.25, 0.3) is 0 Å². The molecule has 1 N–H and O–H groups in total. The van der Waals surface area contributed by atoms with E-state index in [2.05, 4.69) is 4.98 Å². The lowest BCUT2D eigenvalue weighted by molar-refractivity contribution is 0.0690. The summed E-state index contributed by atoms with van der Waals surface area (Å²) >= 11 is 0. The van der Waals surface area contributed by atoms with Gasteiger partial charge in [0.25, 0.3) is 0 Å². The number of hydrogen-bond donors (Lipinski definition) is 1. The van der Waals surface area contributed by atoms with Crippen molar-refractivity contribution in [3.8, 4) is 0 Å². The summed E-state index contributed by atoms with van der Waals surface area (Å²) in [5.74, 6) is -1.50. The van der Waals surface area contributed by atoms with Gasteiger partial charge in [-0.2, -0.15) is 0 Å². The van der Waals surface area contributed by atoms with Crippen LogP contribution in [0.3, 0.4) is 0 Å². The zero-order valence-corrected chi connectivity index (χ0v) is 11.6. The van der Waals surface area contributed by atoms with Crippen LogP contribution in [0.1, 0.15) is 21.7 Å². The number of rotatable bonds is 4. The van der Waals surface area contributed by atoms with Gasteiger partial charge in [0.15, 0.2) is 9.84 Å². The predicted molar refractivity (Wildman–Crippen MR) is 73.3 cm³/mol. The molecule has 0 aliphatic heterocycles. The molecule has 0 fully saturated rings. The Morgan fingerprint density at radius 1 is 1.15 bits per heavy atom. The molecule has 0 aliphatic rings. The van der Waals surface area contributed by atoms with Gasteiger partial charge in [0, 0.05) is 0 Å². The highest BCUT2D eigenvalue weighted by atomic mass is 32.2. The van der Waals surface area contributed by atoms with Crippen molar-refractivity contribution in [3.63, 3.8) is 0 Å². The van der Waals surface area contributed by atoms with Gasteiger partial charge in [0.1, 0.15) is 5.69 Å². The normalized spacial score (nSPS) is 11.2. The lowest BCUT2D eigenvalue weighted by atomic mass is 10.2. The van der Waals surface area contributed by atoms with Gasteiger partial charge < -0.3 is 5.11 Å². The molecule has 0 aliphatic carbocycles. The van der Waals surface area contributed by atoms with Crippen LogP contribution in [0.15, 0.2) is 47.4 Å². The quantitative estimate of drug-likeness (QED) is 0.932. The van der Waals surface area contributed by atoms with Crippen molar-refractivity contribution in [2.75, 3.05) is 0 Å². The van der Waals surface area contributed by atoms with Crippen LogP contribution >= 0.6 is 0 Å². The fourth-order valence-corrected chi connectivity index (χ4v) is 3.41. The van der Waals surface area contributed by atoms with Crippen LogP contribution < -0.4 is 0 Å². The second-order valence-electron chi connectivity index (χ2n) is 4.34. The van der Waals surface area contributed by atoms with Crippen molar-refractivity contribution < 1.29 is 18.3 Å². The molecule has 0 spiro atoms. The molecule has 0 amide bonds. The number of carboxylic acids is 1. The van der Waals surface area contributed by atoms with E-state index in [4.69, 9.17) is 5.11 Å². The molecular formula is C14H13NO4S. The fourth-order valence-electron chi connectivity index (χ4n) is 1.86. The summed E-state index contributed by atoms with van der Waals surface area (Å²) in [6.07, 6.45) is 0. The summed E-state index contributed by atoms with van der Waals surface area (Å²) in [7, 11) is -3.54. The highest BCUT2D eigenvalue weighted by Gasteiger charge is 2.18. The van der Waals surface area contributed by atoms with Crippen molar-refractivity contribution in [2.24, 2.45) is 0 Å². The Morgan fingerprint density at radius 3 is 2.50 bits per heavy atom. The van der Waals surface area contributed by atoms with Gasteiger partial charge in [-0.1, -0.05) is 24.3 Å². The smallest absolute Gasteiger partial charge is 0.354 e. The average Bonchev–Trinajstić information content (AvgIpc) is 2.38. The van der Waals surface area contributed by atoms with Gasteiger partial charge in [0.2, 0.25) is 0 Å². The lowest BCUT2D eigenvalue weighted by Gasteiger charge is -2.07. The fraction of sp³-hybridized carbons (Fsp3) is 0.143. The van der Waals surface area contributed by atoms with E-state index < -0.39 is 15.8 Å². The number of carbonyl (C=O) groups is 1. The number of nitrogens with zero attached hydrogens (tertiary/aromatic N) is 1. The Hall–Kier alpha value is -2.21. The molecule has 5 nitrogen and oxygen atoms in total. The molecular weight excluding hydrogens is 278 g/mol. The van der Waals surface area contributed by atoms with E-state index in [-0.39, 0.29) is 22.0 Å². The molecule has 0 atom stereocenters. The maximum atomic E-state index is 12.3. The van der Waals surface area contributed by atoms with Crippen LogP contribution in [-0.2, 0) is 15.6 Å². The maximum Gasteiger partial charge on any atom is 0.354 e. The van der Waals surface area contributed by atoms with Gasteiger partial charge in [0.05, 0.1) is 16.3 Å². The van der Waals surface area contributed by atoms with E-state index in [9.17, 15) is 13.2 Å². The first-order valence-corrected chi connectivity index (χ1v) is 7.53. The number of pyridine rings is 1. The topological polar surface area (TPSA) is 84.3 Å². The molecule has 0 bridgehead atoms. The zero-order chi connectivity index (χ0) is 14.8. The van der Waals surface area contributed by atoms with Crippen LogP contribution in [0.4, 0.5) is 0 Å². The minimum Gasteiger partial charge on any atom is -0.477 e. The summed E-state index contributed by atoms with van der Waals surface area (Å²) in [4.78, 5) is 14.9. The largest absolute Gasteiger partial charge is 0.477 e. The van der Waals surface area contributed by atoms with Gasteiger partial charge in [-0.25, -0.2) is 18.2 Å². The Kier molecular flexibility index (Phi) is 3.85. The highest BCUT2D eigenvalue weighted by molar-refractivity contribution is 7.90. The number of aryl methyl sites for hydroxylation is 1. The monoisotopic (exact) mass is 291 g/mol. The minimum absolute atomic E-state index is 0.164. The average molecular weight is 291 g/mol. The van der Waals surface area contributed by atoms with Crippen LogP contribution in [-0.4, -0.2) is 24.5 Å². The van der Waals surface area contributed by atoms with Gasteiger partial charge in [-0.3, -0.25) is 0 Å². The molecule has 2 rings (SSSR count). The molecule has 0 saturated heterocycles. The third-order valence-corrected chi connectivity index (χ3v) is 4.60. The third kappa shape index (κ3) is 3.03. The molecule has 2 aromatic rings. The van der Waals surface area contributed by atoms with Crippen molar-refractivity contribution >= 4 is 15.8 Å². The first-order valence-electron chi connectivity index (χ1n) is 5.88. The SMILES string of the molecule is Cc1ccccc1S(=O)(=O)Cc1cccc(C(=O)O)n1. The maximum absolute atomic E-state index is 12.3. The Bertz CT molecular complexity index is 753. The van der Waals surface area contributed by atoms with Crippen LogP contribution in [0, 0.1) is 6.92 Å². The second-order valence-corrected chi connectivity index (χ2v) is 6.30. The van der Waals surface area contributed by atoms with E-state index in [1.54, 1.807) is 25.1 Å².